The minimum Gasteiger partial charge on any atom is -0.534 e. The second kappa shape index (κ2) is 26.0. The average Bonchev–Trinajstić information content (AvgIpc) is 3.56. The quantitative estimate of drug-likeness (QED) is 0.0200. The lowest BCUT2D eigenvalue weighted by Crippen LogP contribution is -2.69. The molecule has 1 aliphatic rings. The van der Waals surface area contributed by atoms with Gasteiger partial charge in [-0.05, 0) is 99.5 Å². The van der Waals surface area contributed by atoms with E-state index in [1.165, 1.54) is 6.92 Å². The van der Waals surface area contributed by atoms with Crippen molar-refractivity contribution in [3.63, 3.8) is 0 Å². The van der Waals surface area contributed by atoms with E-state index in [1.54, 1.807) is 30.3 Å². The van der Waals surface area contributed by atoms with Crippen molar-refractivity contribution in [2.24, 2.45) is 0 Å². The summed E-state index contributed by atoms with van der Waals surface area (Å²) in [6.07, 6.45) is -0.790. The van der Waals surface area contributed by atoms with Crippen molar-refractivity contribution in [2.75, 3.05) is 19.8 Å². The van der Waals surface area contributed by atoms with Gasteiger partial charge >= 0.3 is 28.6 Å². The molecule has 11 nitrogen and oxygen atoms in total. The van der Waals surface area contributed by atoms with Crippen molar-refractivity contribution in [3.05, 3.63) is 174 Å². The second-order valence-electron chi connectivity index (χ2n) is 22.0. The Kier molecular flexibility index (Phi) is 19.7. The molecule has 408 valence electrons. The van der Waals surface area contributed by atoms with E-state index >= 15 is 4.79 Å². The SMILES string of the molecule is CCCCOC1C(C)OC(OCC(=O)c2c(OC(=O)c3ccc(O[Si](c4ccccc4)(c4ccccc4)C(C)(C)C)cc3)cc(C)cc2O[Si](c2ccccc2)(c2ccccc2)C(C)(C)C)C(OC(C)=O)C1OCCCC. The number of benzene rings is 6. The van der Waals surface area contributed by atoms with Crippen LogP contribution in [-0.2, 0) is 28.5 Å². The van der Waals surface area contributed by atoms with Crippen molar-refractivity contribution >= 4 is 55.1 Å². The number of Topliss-reactive ketones (excluding diaryl/α,β-unsaturated/α-hetero) is 1. The Hall–Kier alpha value is -6.20. The maximum Gasteiger partial charge on any atom is 0.343 e. The largest absolute Gasteiger partial charge is 0.534 e. The number of unbranched alkanes of at least 4 members (excludes halogenated alkanes) is 2. The second-order valence-corrected chi connectivity index (χ2v) is 30.4. The minimum absolute atomic E-state index is 0.00740. The van der Waals surface area contributed by atoms with Gasteiger partial charge in [0, 0.05) is 20.1 Å². The molecule has 7 rings (SSSR count). The highest BCUT2D eigenvalue weighted by Gasteiger charge is 2.54. The highest BCUT2D eigenvalue weighted by Crippen LogP contribution is 2.42. The van der Waals surface area contributed by atoms with Gasteiger partial charge in [0.2, 0.25) is 0 Å². The molecule has 0 aliphatic carbocycles. The van der Waals surface area contributed by atoms with Gasteiger partial charge < -0.3 is 37.3 Å². The van der Waals surface area contributed by atoms with Gasteiger partial charge in [0.15, 0.2) is 18.2 Å². The molecule has 1 heterocycles. The van der Waals surface area contributed by atoms with Crippen LogP contribution >= 0.6 is 0 Å². The van der Waals surface area contributed by atoms with Gasteiger partial charge in [-0.1, -0.05) is 190 Å². The van der Waals surface area contributed by atoms with Gasteiger partial charge in [-0.25, -0.2) is 4.79 Å². The molecule has 0 radical (unpaired) electrons. The molecular weight excluding hydrogens is 1000 g/mol. The van der Waals surface area contributed by atoms with Gasteiger partial charge in [0.25, 0.3) is 0 Å². The molecule has 77 heavy (non-hydrogen) atoms. The number of hydrogen-bond acceptors (Lipinski definition) is 11. The smallest absolute Gasteiger partial charge is 0.343 e. The molecule has 1 saturated heterocycles. The minimum atomic E-state index is -3.40. The van der Waals surface area contributed by atoms with E-state index < -0.39 is 76.7 Å². The van der Waals surface area contributed by atoms with Crippen molar-refractivity contribution in [1.29, 1.82) is 0 Å². The number of aryl methyl sites for hydroxylation is 1. The van der Waals surface area contributed by atoms with Crippen LogP contribution in [0.2, 0.25) is 10.1 Å². The Morgan fingerprint density at radius 1 is 0.558 bits per heavy atom. The maximum atomic E-state index is 15.4. The molecule has 13 heteroatoms. The number of ether oxygens (including phenoxy) is 6. The monoisotopic (exact) mass is 1080 g/mol. The third kappa shape index (κ3) is 13.4. The average molecular weight is 1080 g/mol. The summed E-state index contributed by atoms with van der Waals surface area (Å²) in [5.41, 5.74) is 0.935. The summed E-state index contributed by atoms with van der Waals surface area (Å²) in [6, 6.07) is 51.4. The first kappa shape index (κ1) is 58.5. The summed E-state index contributed by atoms with van der Waals surface area (Å²) in [6.45, 7) is 22.6. The molecule has 1 fully saturated rings. The number of carbonyl (C=O) groups excluding carboxylic acids is 3. The van der Waals surface area contributed by atoms with Crippen molar-refractivity contribution < 1.29 is 51.7 Å². The Bertz CT molecular complexity index is 2770. The van der Waals surface area contributed by atoms with Gasteiger partial charge in [-0.15, -0.1) is 0 Å². The Balaban J connectivity index is 1.29. The first-order valence-electron chi connectivity index (χ1n) is 27.1. The third-order valence-electron chi connectivity index (χ3n) is 14.2. The summed E-state index contributed by atoms with van der Waals surface area (Å²) in [5.74, 6) is -1.01. The van der Waals surface area contributed by atoms with Crippen LogP contribution < -0.4 is 34.3 Å². The molecule has 0 bridgehead atoms. The standard InChI is InChI=1S/C64H78O11Si2/c1-12-14-40-68-58-46(4)71-62(60(72-47(5)65)59(58)69-41-15-13-2)70-44-54(66)57-55(42-45(3)43-56(57)75-77(64(9,10)11,52-32-24-18-25-33-52)53-34-26-19-27-35-53)73-61(67)48-36-38-49(39-37-48)74-76(63(6,7)8,50-28-20-16-21-29-50)51-30-22-17-23-31-51/h16-39,42-43,46,58-60,62H,12-15,40-41,44H2,1-11H3. The maximum absolute atomic E-state index is 15.4. The Labute approximate surface area is 458 Å². The van der Waals surface area contributed by atoms with Crippen LogP contribution in [0.1, 0.15) is 121 Å². The van der Waals surface area contributed by atoms with Crippen molar-refractivity contribution in [2.45, 2.75) is 143 Å². The number of rotatable bonds is 23. The summed E-state index contributed by atoms with van der Waals surface area (Å²) in [4.78, 5) is 42.8. The van der Waals surface area contributed by atoms with E-state index in [4.69, 9.17) is 37.3 Å². The fourth-order valence-corrected chi connectivity index (χ4v) is 19.3. The van der Waals surface area contributed by atoms with E-state index in [1.807, 2.05) is 92.7 Å². The van der Waals surface area contributed by atoms with Gasteiger partial charge in [-0.3, -0.25) is 9.59 Å². The fraction of sp³-hybridized carbons (Fsp3) is 0.391. The molecule has 0 saturated carbocycles. The molecule has 0 N–H and O–H groups in total. The molecule has 6 aromatic carbocycles. The zero-order valence-electron chi connectivity index (χ0n) is 46.8. The predicted molar refractivity (Wildman–Crippen MR) is 309 cm³/mol. The van der Waals surface area contributed by atoms with Crippen molar-refractivity contribution in [3.8, 4) is 17.2 Å². The summed E-state index contributed by atoms with van der Waals surface area (Å²) < 4.78 is 52.8. The lowest BCUT2D eigenvalue weighted by Gasteiger charge is -2.44. The van der Waals surface area contributed by atoms with E-state index in [0.717, 1.165) is 46.4 Å². The van der Waals surface area contributed by atoms with E-state index in [9.17, 15) is 9.59 Å². The van der Waals surface area contributed by atoms with Crippen molar-refractivity contribution in [1.82, 2.24) is 0 Å². The number of ketones is 1. The third-order valence-corrected chi connectivity index (χ3v) is 24.1. The molecule has 0 amide bonds. The van der Waals surface area contributed by atoms with Crippen LogP contribution in [-0.4, -0.2) is 84.9 Å². The van der Waals surface area contributed by atoms with Crippen LogP contribution in [0.4, 0.5) is 0 Å². The molecule has 1 aliphatic heterocycles. The predicted octanol–water partition coefficient (Wildman–Crippen LogP) is 11.3. The van der Waals surface area contributed by atoms with E-state index in [-0.39, 0.29) is 27.7 Å². The number of hydrogen-bond donors (Lipinski definition) is 0. The molecule has 5 unspecified atom stereocenters. The van der Waals surface area contributed by atoms with Gasteiger partial charge in [-0.2, -0.15) is 0 Å². The highest BCUT2D eigenvalue weighted by molar-refractivity contribution is 7.00. The molecular formula is C64H78O11Si2. The van der Waals surface area contributed by atoms with Crippen LogP contribution in [0.5, 0.6) is 17.2 Å². The molecule has 0 aromatic heterocycles. The highest BCUT2D eigenvalue weighted by atomic mass is 28.4. The fourth-order valence-electron chi connectivity index (χ4n) is 10.4. The van der Waals surface area contributed by atoms with E-state index in [0.29, 0.717) is 24.5 Å². The Morgan fingerprint density at radius 3 is 1.44 bits per heavy atom. The molecule has 5 atom stereocenters. The first-order valence-corrected chi connectivity index (χ1v) is 30.9. The topological polar surface area (TPSA) is 125 Å². The summed E-state index contributed by atoms with van der Waals surface area (Å²) >= 11 is 0. The normalized spacial score (nSPS) is 18.0. The Morgan fingerprint density at radius 2 is 1.00 bits per heavy atom. The van der Waals surface area contributed by atoms with E-state index in [2.05, 4.69) is 104 Å². The zero-order chi connectivity index (χ0) is 55.4. The van der Waals surface area contributed by atoms with Crippen LogP contribution in [0.25, 0.3) is 0 Å². The zero-order valence-corrected chi connectivity index (χ0v) is 48.8. The number of esters is 2. The van der Waals surface area contributed by atoms with Crippen LogP contribution in [0, 0.1) is 6.92 Å². The number of carbonyl (C=O) groups is 3. The van der Waals surface area contributed by atoms with Gasteiger partial charge in [0.05, 0.1) is 11.7 Å². The summed E-state index contributed by atoms with van der Waals surface area (Å²) in [5, 5.41) is 3.39. The lowest BCUT2D eigenvalue weighted by atomic mass is 9.98. The molecule has 0 spiro atoms. The molecule has 6 aromatic rings. The lowest BCUT2D eigenvalue weighted by molar-refractivity contribution is -0.306. The van der Waals surface area contributed by atoms with Gasteiger partial charge in [0.1, 0.15) is 41.6 Å². The van der Waals surface area contributed by atoms with Crippen LogP contribution in [0.3, 0.4) is 0 Å². The van der Waals surface area contributed by atoms with Crippen LogP contribution in [0.15, 0.2) is 158 Å². The first-order chi connectivity index (χ1) is 36.8. The summed E-state index contributed by atoms with van der Waals surface area (Å²) in [7, 11) is -6.40.